The van der Waals surface area contributed by atoms with Crippen molar-refractivity contribution in [3.05, 3.63) is 36.2 Å². The van der Waals surface area contributed by atoms with Crippen molar-refractivity contribution < 1.29 is 13.5 Å². The van der Waals surface area contributed by atoms with Crippen LogP contribution in [-0.2, 0) is 0 Å². The molecule has 62 valence electrons. The molecule has 0 atom stereocenters. The van der Waals surface area contributed by atoms with Crippen LogP contribution >= 0.6 is 0 Å². The highest BCUT2D eigenvalue weighted by Crippen LogP contribution is 2.31. The summed E-state index contributed by atoms with van der Waals surface area (Å²) in [5, 5.41) is 2.55. The van der Waals surface area contributed by atoms with Gasteiger partial charge in [0.1, 0.15) is 11.9 Å². The summed E-state index contributed by atoms with van der Waals surface area (Å²) in [7, 11) is 0. The maximum atomic E-state index is 12.9. The number of hydrogen-bond acceptors (Lipinski definition) is 2. The van der Waals surface area contributed by atoms with Gasteiger partial charge in [0, 0.05) is 6.20 Å². The molecule has 1 heterocycles. The Bertz CT molecular complexity index is 349. The third-order valence-electron chi connectivity index (χ3n) is 1.55. The van der Waals surface area contributed by atoms with Crippen LogP contribution in [0.1, 0.15) is 0 Å². The number of nitrogens with one attached hydrogen (secondary N) is 1. The molecule has 1 N–H and O–H groups in total. The monoisotopic (exact) mass is 169 g/mol. The largest absolute Gasteiger partial charge is 0.461 e. The van der Waals surface area contributed by atoms with Gasteiger partial charge in [0.25, 0.3) is 0 Å². The molecule has 0 bridgehead atoms. The first-order chi connectivity index (χ1) is 5.79. The van der Waals surface area contributed by atoms with E-state index < -0.39 is 11.6 Å². The van der Waals surface area contributed by atoms with E-state index in [4.69, 9.17) is 4.74 Å². The number of ether oxygens (including phenoxy) is 1. The van der Waals surface area contributed by atoms with E-state index >= 15 is 0 Å². The van der Waals surface area contributed by atoms with Crippen molar-refractivity contribution in [2.24, 2.45) is 0 Å². The first kappa shape index (κ1) is 7.09. The van der Waals surface area contributed by atoms with E-state index in [-0.39, 0.29) is 11.4 Å². The summed E-state index contributed by atoms with van der Waals surface area (Å²) in [5.74, 6) is -1.52. The highest BCUT2D eigenvalue weighted by Gasteiger charge is 2.14. The zero-order valence-electron chi connectivity index (χ0n) is 5.97. The maximum absolute atomic E-state index is 12.9. The lowest BCUT2D eigenvalue weighted by molar-refractivity contribution is 0.458. The maximum Gasteiger partial charge on any atom is 0.186 e. The Morgan fingerprint density at radius 2 is 2.08 bits per heavy atom. The van der Waals surface area contributed by atoms with Crippen molar-refractivity contribution in [1.82, 2.24) is 0 Å². The molecule has 1 aliphatic rings. The van der Waals surface area contributed by atoms with Gasteiger partial charge in [-0.3, -0.25) is 0 Å². The molecule has 0 aromatic heterocycles. The predicted octanol–water partition coefficient (Wildman–Crippen LogP) is 2.24. The normalized spacial score (nSPS) is 13.2. The molecule has 0 radical (unpaired) electrons. The average molecular weight is 169 g/mol. The molecule has 0 unspecified atom stereocenters. The van der Waals surface area contributed by atoms with Gasteiger partial charge in [-0.25, -0.2) is 8.78 Å². The predicted molar refractivity (Wildman–Crippen MR) is 39.7 cm³/mol. The molecular formula is C8H5F2NO. The van der Waals surface area contributed by atoms with E-state index in [9.17, 15) is 8.78 Å². The first-order valence-corrected chi connectivity index (χ1v) is 3.35. The number of anilines is 1. The van der Waals surface area contributed by atoms with Crippen LogP contribution in [0.15, 0.2) is 24.6 Å². The van der Waals surface area contributed by atoms with Gasteiger partial charge in [-0.15, -0.1) is 0 Å². The number of rotatable bonds is 0. The molecule has 0 aliphatic carbocycles. The average Bonchev–Trinajstić information content (AvgIpc) is 2.12. The molecule has 0 fully saturated rings. The molecule has 0 amide bonds. The fourth-order valence-electron chi connectivity index (χ4n) is 0.990. The number of benzene rings is 1. The van der Waals surface area contributed by atoms with Crippen molar-refractivity contribution in [2.45, 2.75) is 0 Å². The molecule has 1 aromatic rings. The lowest BCUT2D eigenvalue weighted by Gasteiger charge is -2.13. The van der Waals surface area contributed by atoms with Crippen LogP contribution in [0.3, 0.4) is 0 Å². The van der Waals surface area contributed by atoms with Gasteiger partial charge < -0.3 is 10.1 Å². The first-order valence-electron chi connectivity index (χ1n) is 3.35. The summed E-state index contributed by atoms with van der Waals surface area (Å²) < 4.78 is 30.5. The number of fused-ring (bicyclic) bond motifs is 1. The molecular weight excluding hydrogens is 164 g/mol. The van der Waals surface area contributed by atoms with Crippen molar-refractivity contribution in [3.8, 4) is 5.75 Å². The van der Waals surface area contributed by atoms with Crippen LogP contribution in [0.5, 0.6) is 5.75 Å². The van der Waals surface area contributed by atoms with Crippen molar-refractivity contribution in [3.63, 3.8) is 0 Å². The summed E-state index contributed by atoms with van der Waals surface area (Å²) in [6.07, 6.45) is 2.75. The molecule has 12 heavy (non-hydrogen) atoms. The minimum atomic E-state index is -0.920. The molecule has 1 aliphatic heterocycles. The summed E-state index contributed by atoms with van der Waals surface area (Å²) in [6.45, 7) is 0. The van der Waals surface area contributed by atoms with Gasteiger partial charge in [-0.1, -0.05) is 0 Å². The lowest BCUT2D eigenvalue weighted by Crippen LogP contribution is -2.03. The van der Waals surface area contributed by atoms with Crippen molar-refractivity contribution >= 4 is 5.69 Å². The fraction of sp³-hybridized carbons (Fsp3) is 0. The molecule has 0 saturated carbocycles. The minimum absolute atomic E-state index is 0.0394. The topological polar surface area (TPSA) is 21.3 Å². The Morgan fingerprint density at radius 3 is 2.92 bits per heavy atom. The van der Waals surface area contributed by atoms with Gasteiger partial charge in [-0.2, -0.15) is 0 Å². The second kappa shape index (κ2) is 2.48. The molecule has 1 aromatic carbocycles. The van der Waals surface area contributed by atoms with E-state index in [1.54, 1.807) is 0 Å². The van der Waals surface area contributed by atoms with Crippen LogP contribution in [0, 0.1) is 11.6 Å². The van der Waals surface area contributed by atoms with Gasteiger partial charge in [-0.05, 0) is 12.1 Å². The highest BCUT2D eigenvalue weighted by atomic mass is 19.2. The quantitative estimate of drug-likeness (QED) is 0.643. The number of halogens is 2. The second-order valence-electron chi connectivity index (χ2n) is 2.30. The third kappa shape index (κ3) is 0.922. The third-order valence-corrected chi connectivity index (χ3v) is 1.55. The Morgan fingerprint density at radius 1 is 1.25 bits per heavy atom. The Labute approximate surface area is 67.5 Å². The summed E-state index contributed by atoms with van der Waals surface area (Å²) in [6, 6.07) is 2.39. The van der Waals surface area contributed by atoms with Crippen LogP contribution < -0.4 is 10.1 Å². The Hall–Kier alpha value is -1.58. The van der Waals surface area contributed by atoms with Crippen molar-refractivity contribution in [2.75, 3.05) is 5.32 Å². The Balaban J connectivity index is 2.58. The van der Waals surface area contributed by atoms with E-state index in [1.165, 1.54) is 18.5 Å². The standard InChI is InChI=1S/C8H5F2NO/c9-5-1-2-6-8(7(5)10)11-3-4-12-6/h1-4,11H. The van der Waals surface area contributed by atoms with E-state index in [1.807, 2.05) is 0 Å². The smallest absolute Gasteiger partial charge is 0.186 e. The molecule has 2 rings (SSSR count). The zero-order chi connectivity index (χ0) is 8.55. The molecule has 2 nitrogen and oxygen atoms in total. The lowest BCUT2D eigenvalue weighted by atomic mass is 10.2. The second-order valence-corrected chi connectivity index (χ2v) is 2.30. The van der Waals surface area contributed by atoms with E-state index in [0.29, 0.717) is 0 Å². The highest BCUT2D eigenvalue weighted by molar-refractivity contribution is 5.60. The summed E-state index contributed by atoms with van der Waals surface area (Å²) in [5.41, 5.74) is 0.0394. The number of hydrogen-bond donors (Lipinski definition) is 1. The van der Waals surface area contributed by atoms with Gasteiger partial charge in [0.2, 0.25) is 0 Å². The van der Waals surface area contributed by atoms with Crippen LogP contribution in [-0.4, -0.2) is 0 Å². The molecule has 0 saturated heterocycles. The molecule has 4 heteroatoms. The van der Waals surface area contributed by atoms with Gasteiger partial charge in [0.15, 0.2) is 17.4 Å². The SMILES string of the molecule is Fc1ccc2c(c1F)NC=CO2. The van der Waals surface area contributed by atoms with Gasteiger partial charge >= 0.3 is 0 Å². The zero-order valence-corrected chi connectivity index (χ0v) is 5.97. The van der Waals surface area contributed by atoms with Crippen LogP contribution in [0.2, 0.25) is 0 Å². The van der Waals surface area contributed by atoms with Gasteiger partial charge in [0.05, 0.1) is 0 Å². The minimum Gasteiger partial charge on any atom is -0.461 e. The summed E-state index contributed by atoms with van der Waals surface area (Å²) in [4.78, 5) is 0. The van der Waals surface area contributed by atoms with Crippen molar-refractivity contribution in [1.29, 1.82) is 0 Å². The summed E-state index contributed by atoms with van der Waals surface area (Å²) >= 11 is 0. The molecule has 0 spiro atoms. The Kier molecular flexibility index (Phi) is 1.46. The fourth-order valence-corrected chi connectivity index (χ4v) is 0.990. The van der Waals surface area contributed by atoms with E-state index in [2.05, 4.69) is 5.32 Å². The van der Waals surface area contributed by atoms with E-state index in [0.717, 1.165) is 6.07 Å². The van der Waals surface area contributed by atoms with Crippen LogP contribution in [0.4, 0.5) is 14.5 Å². The van der Waals surface area contributed by atoms with Crippen LogP contribution in [0.25, 0.3) is 0 Å².